The zero-order valence-electron chi connectivity index (χ0n) is 13.4. The summed E-state index contributed by atoms with van der Waals surface area (Å²) in [6.07, 6.45) is 6.39. The SMILES string of the molecule is CCOCCC1(CNC(=O)NC2CCCC2(C)CO)CC1. The lowest BCUT2D eigenvalue weighted by atomic mass is 9.86. The molecule has 0 aliphatic heterocycles. The van der Waals surface area contributed by atoms with Crippen molar-refractivity contribution in [2.75, 3.05) is 26.4 Å². The van der Waals surface area contributed by atoms with Crippen molar-refractivity contribution in [3.05, 3.63) is 0 Å². The molecule has 0 spiro atoms. The van der Waals surface area contributed by atoms with Crippen LogP contribution in [0, 0.1) is 10.8 Å². The van der Waals surface area contributed by atoms with E-state index in [9.17, 15) is 9.90 Å². The molecule has 5 heteroatoms. The number of urea groups is 1. The summed E-state index contributed by atoms with van der Waals surface area (Å²) in [5, 5.41) is 15.6. The van der Waals surface area contributed by atoms with Crippen LogP contribution in [-0.2, 0) is 4.74 Å². The van der Waals surface area contributed by atoms with Crippen molar-refractivity contribution in [3.8, 4) is 0 Å². The van der Waals surface area contributed by atoms with Gasteiger partial charge in [0, 0.05) is 31.2 Å². The van der Waals surface area contributed by atoms with E-state index in [1.807, 2.05) is 6.92 Å². The Balaban J connectivity index is 1.70. The number of nitrogens with one attached hydrogen (secondary N) is 2. The van der Waals surface area contributed by atoms with Crippen LogP contribution < -0.4 is 10.6 Å². The molecule has 2 fully saturated rings. The molecule has 2 rings (SSSR count). The third-order valence-corrected chi connectivity index (χ3v) is 5.31. The molecule has 2 aliphatic carbocycles. The van der Waals surface area contributed by atoms with Crippen molar-refractivity contribution in [2.24, 2.45) is 10.8 Å². The fourth-order valence-corrected chi connectivity index (χ4v) is 3.27. The highest BCUT2D eigenvalue weighted by molar-refractivity contribution is 5.74. The standard InChI is InChI=1S/C16H30N2O3/c1-3-21-10-9-16(7-8-16)11-17-14(20)18-13-5-4-6-15(13,2)12-19/h13,19H,3-12H2,1-2H3,(H2,17,18,20). The van der Waals surface area contributed by atoms with E-state index in [-0.39, 0.29) is 29.5 Å². The fraction of sp³-hybridized carbons (Fsp3) is 0.938. The van der Waals surface area contributed by atoms with Gasteiger partial charge in [-0.15, -0.1) is 0 Å². The van der Waals surface area contributed by atoms with Crippen LogP contribution in [0.4, 0.5) is 4.79 Å². The molecular weight excluding hydrogens is 268 g/mol. The number of aliphatic hydroxyl groups excluding tert-OH is 1. The van der Waals surface area contributed by atoms with E-state index >= 15 is 0 Å². The van der Waals surface area contributed by atoms with Crippen molar-refractivity contribution >= 4 is 6.03 Å². The first-order valence-corrected chi connectivity index (χ1v) is 8.27. The van der Waals surface area contributed by atoms with Gasteiger partial charge in [0.25, 0.3) is 0 Å². The van der Waals surface area contributed by atoms with Crippen LogP contribution in [0.5, 0.6) is 0 Å². The topological polar surface area (TPSA) is 70.6 Å². The zero-order chi connectivity index (χ0) is 15.3. The summed E-state index contributed by atoms with van der Waals surface area (Å²) < 4.78 is 5.41. The molecule has 2 saturated carbocycles. The first kappa shape index (κ1) is 16.6. The lowest BCUT2D eigenvalue weighted by molar-refractivity contribution is 0.119. The molecular formula is C16H30N2O3. The number of ether oxygens (including phenoxy) is 1. The van der Waals surface area contributed by atoms with Crippen LogP contribution >= 0.6 is 0 Å². The average molecular weight is 298 g/mol. The first-order chi connectivity index (χ1) is 10.0. The van der Waals surface area contributed by atoms with Gasteiger partial charge >= 0.3 is 6.03 Å². The second kappa shape index (κ2) is 6.97. The van der Waals surface area contributed by atoms with Crippen LogP contribution in [0.1, 0.15) is 52.4 Å². The van der Waals surface area contributed by atoms with Crippen molar-refractivity contribution in [1.82, 2.24) is 10.6 Å². The molecule has 122 valence electrons. The van der Waals surface area contributed by atoms with Crippen LogP contribution in [0.3, 0.4) is 0 Å². The van der Waals surface area contributed by atoms with E-state index < -0.39 is 0 Å². The van der Waals surface area contributed by atoms with Gasteiger partial charge in [0.15, 0.2) is 0 Å². The van der Waals surface area contributed by atoms with Crippen LogP contribution in [0.2, 0.25) is 0 Å². The van der Waals surface area contributed by atoms with Crippen LogP contribution in [0.25, 0.3) is 0 Å². The zero-order valence-corrected chi connectivity index (χ0v) is 13.4. The average Bonchev–Trinajstić information content (AvgIpc) is 3.16. The number of carbonyl (C=O) groups is 1. The molecule has 0 aromatic rings. The van der Waals surface area contributed by atoms with Gasteiger partial charge in [-0.1, -0.05) is 13.3 Å². The highest BCUT2D eigenvalue weighted by atomic mass is 16.5. The molecule has 0 radical (unpaired) electrons. The maximum absolute atomic E-state index is 12.1. The minimum absolute atomic E-state index is 0.0843. The third-order valence-electron chi connectivity index (χ3n) is 5.31. The number of carbonyl (C=O) groups excluding carboxylic acids is 1. The summed E-state index contributed by atoms with van der Waals surface area (Å²) in [6, 6.07) is -0.00895. The monoisotopic (exact) mass is 298 g/mol. The molecule has 0 bridgehead atoms. The summed E-state index contributed by atoms with van der Waals surface area (Å²) >= 11 is 0. The van der Waals surface area contributed by atoms with E-state index in [0.717, 1.165) is 45.4 Å². The molecule has 2 amide bonds. The third kappa shape index (κ3) is 4.33. The summed E-state index contributed by atoms with van der Waals surface area (Å²) in [4.78, 5) is 12.1. The van der Waals surface area contributed by atoms with E-state index in [1.54, 1.807) is 0 Å². The normalized spacial score (nSPS) is 30.1. The Bertz CT molecular complexity index is 357. The number of amides is 2. The molecule has 5 nitrogen and oxygen atoms in total. The van der Waals surface area contributed by atoms with Gasteiger partial charge < -0.3 is 20.5 Å². The number of aliphatic hydroxyl groups is 1. The molecule has 0 saturated heterocycles. The Morgan fingerprint density at radius 2 is 2.14 bits per heavy atom. The molecule has 0 heterocycles. The predicted octanol–water partition coefficient (Wildman–Crippen LogP) is 2.04. The van der Waals surface area contributed by atoms with E-state index in [0.29, 0.717) is 0 Å². The van der Waals surface area contributed by atoms with Gasteiger partial charge in [0.05, 0.1) is 6.61 Å². The Morgan fingerprint density at radius 3 is 2.76 bits per heavy atom. The van der Waals surface area contributed by atoms with Gasteiger partial charge in [0.2, 0.25) is 0 Å². The number of hydrogen-bond acceptors (Lipinski definition) is 3. The molecule has 0 aromatic carbocycles. The largest absolute Gasteiger partial charge is 0.396 e. The smallest absolute Gasteiger partial charge is 0.315 e. The minimum atomic E-state index is -0.163. The molecule has 2 unspecified atom stereocenters. The second-order valence-electron chi connectivity index (χ2n) is 7.03. The maximum Gasteiger partial charge on any atom is 0.315 e. The maximum atomic E-state index is 12.1. The molecule has 2 atom stereocenters. The van der Waals surface area contributed by atoms with Crippen molar-refractivity contribution in [1.29, 1.82) is 0 Å². The van der Waals surface area contributed by atoms with Crippen molar-refractivity contribution in [3.63, 3.8) is 0 Å². The van der Waals surface area contributed by atoms with Crippen LogP contribution in [-0.4, -0.2) is 43.5 Å². The molecule has 0 aromatic heterocycles. The lowest BCUT2D eigenvalue weighted by Crippen LogP contribution is -2.49. The van der Waals surface area contributed by atoms with Crippen molar-refractivity contribution < 1.29 is 14.6 Å². The highest BCUT2D eigenvalue weighted by Crippen LogP contribution is 2.48. The summed E-state index contributed by atoms with van der Waals surface area (Å²) in [5.74, 6) is 0. The van der Waals surface area contributed by atoms with Gasteiger partial charge in [-0.05, 0) is 44.4 Å². The van der Waals surface area contributed by atoms with Gasteiger partial charge in [0.1, 0.15) is 0 Å². The Morgan fingerprint density at radius 1 is 1.38 bits per heavy atom. The van der Waals surface area contributed by atoms with Gasteiger partial charge in [-0.25, -0.2) is 4.79 Å². The van der Waals surface area contributed by atoms with Gasteiger partial charge in [-0.2, -0.15) is 0 Å². The molecule has 21 heavy (non-hydrogen) atoms. The second-order valence-corrected chi connectivity index (χ2v) is 7.03. The number of hydrogen-bond donors (Lipinski definition) is 3. The van der Waals surface area contributed by atoms with E-state index in [1.165, 1.54) is 12.8 Å². The Hall–Kier alpha value is -0.810. The van der Waals surface area contributed by atoms with Crippen molar-refractivity contribution in [2.45, 2.75) is 58.4 Å². The Labute approximate surface area is 127 Å². The fourth-order valence-electron chi connectivity index (χ4n) is 3.27. The quantitative estimate of drug-likeness (QED) is 0.601. The first-order valence-electron chi connectivity index (χ1n) is 8.27. The minimum Gasteiger partial charge on any atom is -0.396 e. The lowest BCUT2D eigenvalue weighted by Gasteiger charge is -2.30. The highest BCUT2D eigenvalue weighted by Gasteiger charge is 2.43. The summed E-state index contributed by atoms with van der Waals surface area (Å²) in [7, 11) is 0. The van der Waals surface area contributed by atoms with E-state index in [2.05, 4.69) is 17.6 Å². The molecule has 2 aliphatic rings. The number of rotatable bonds is 8. The van der Waals surface area contributed by atoms with Gasteiger partial charge in [-0.3, -0.25) is 0 Å². The Kier molecular flexibility index (Phi) is 5.49. The summed E-state index contributed by atoms with van der Waals surface area (Å²) in [6.45, 7) is 6.46. The molecule has 3 N–H and O–H groups in total. The summed E-state index contributed by atoms with van der Waals surface area (Å²) in [5.41, 5.74) is 0.103. The van der Waals surface area contributed by atoms with Crippen LogP contribution in [0.15, 0.2) is 0 Å². The van der Waals surface area contributed by atoms with E-state index in [4.69, 9.17) is 4.74 Å². The predicted molar refractivity (Wildman–Crippen MR) is 82.1 cm³/mol.